The van der Waals surface area contributed by atoms with E-state index in [1.807, 2.05) is 0 Å². The molecule has 0 aliphatic carbocycles. The number of carbonyl (C=O) groups excluding carboxylic acids is 1. The van der Waals surface area contributed by atoms with Crippen LogP contribution in [0.2, 0.25) is 0 Å². The number of carboxylic acids is 1. The van der Waals surface area contributed by atoms with Gasteiger partial charge in [0.05, 0.1) is 18.7 Å². The molecule has 15 heavy (non-hydrogen) atoms. The number of carboxylic acid groups (broad SMARTS) is 1. The van der Waals surface area contributed by atoms with Crippen molar-refractivity contribution in [2.24, 2.45) is 0 Å². The van der Waals surface area contributed by atoms with Gasteiger partial charge in [-0.1, -0.05) is 5.21 Å². The summed E-state index contributed by atoms with van der Waals surface area (Å²) in [4.78, 5) is 21.3. The van der Waals surface area contributed by atoms with Gasteiger partial charge in [0.1, 0.15) is 0 Å². The number of aryl methyl sites for hydroxylation is 1. The molecule has 0 spiro atoms. The van der Waals surface area contributed by atoms with Gasteiger partial charge in [-0.2, -0.15) is 0 Å². The van der Waals surface area contributed by atoms with Gasteiger partial charge in [0.2, 0.25) is 5.91 Å². The van der Waals surface area contributed by atoms with Crippen LogP contribution in [0.5, 0.6) is 0 Å². The quantitative estimate of drug-likeness (QED) is 0.655. The van der Waals surface area contributed by atoms with Crippen LogP contribution in [0.1, 0.15) is 12.1 Å². The van der Waals surface area contributed by atoms with Crippen LogP contribution in [0.3, 0.4) is 0 Å². The molecule has 0 atom stereocenters. The standard InChI is InChI=1S/C8H12N4O3/c1-9-7(13)2-3-12-5-6(10-11-12)4-8(14)15/h5H,2-4H2,1H3,(H,9,13)(H,14,15). The van der Waals surface area contributed by atoms with Gasteiger partial charge in [-0.05, 0) is 0 Å². The van der Waals surface area contributed by atoms with Gasteiger partial charge in [0.15, 0.2) is 0 Å². The number of aromatic nitrogens is 3. The van der Waals surface area contributed by atoms with Gasteiger partial charge in [0.25, 0.3) is 0 Å². The Morgan fingerprint density at radius 3 is 2.93 bits per heavy atom. The zero-order valence-corrected chi connectivity index (χ0v) is 8.30. The maximum Gasteiger partial charge on any atom is 0.309 e. The predicted molar refractivity (Wildman–Crippen MR) is 50.0 cm³/mol. The first-order chi connectivity index (χ1) is 7.11. The van der Waals surface area contributed by atoms with Crippen molar-refractivity contribution in [1.82, 2.24) is 20.3 Å². The Labute approximate surface area is 86.1 Å². The van der Waals surface area contributed by atoms with E-state index in [-0.39, 0.29) is 12.3 Å². The number of hydrogen-bond donors (Lipinski definition) is 2. The summed E-state index contributed by atoms with van der Waals surface area (Å²) >= 11 is 0. The van der Waals surface area contributed by atoms with E-state index in [2.05, 4.69) is 15.6 Å². The van der Waals surface area contributed by atoms with Gasteiger partial charge in [-0.3, -0.25) is 14.3 Å². The molecular formula is C8H12N4O3. The van der Waals surface area contributed by atoms with Crippen molar-refractivity contribution >= 4 is 11.9 Å². The molecule has 0 saturated heterocycles. The molecule has 7 nitrogen and oxygen atoms in total. The summed E-state index contributed by atoms with van der Waals surface area (Å²) in [6, 6.07) is 0. The molecule has 0 fully saturated rings. The summed E-state index contributed by atoms with van der Waals surface area (Å²) in [5, 5.41) is 18.3. The Morgan fingerprint density at radius 2 is 2.33 bits per heavy atom. The zero-order valence-electron chi connectivity index (χ0n) is 8.30. The maximum atomic E-state index is 10.9. The number of nitrogens with zero attached hydrogens (tertiary/aromatic N) is 3. The molecular weight excluding hydrogens is 200 g/mol. The Balaban J connectivity index is 2.46. The van der Waals surface area contributed by atoms with Gasteiger partial charge in [0, 0.05) is 19.7 Å². The topological polar surface area (TPSA) is 97.1 Å². The summed E-state index contributed by atoms with van der Waals surface area (Å²) in [5.74, 6) is -1.04. The average Bonchev–Trinajstić information content (AvgIpc) is 2.61. The maximum absolute atomic E-state index is 10.9. The van der Waals surface area contributed by atoms with Crippen LogP contribution in [0, 0.1) is 0 Å². The monoisotopic (exact) mass is 212 g/mol. The summed E-state index contributed by atoms with van der Waals surface area (Å²) < 4.78 is 1.45. The number of amides is 1. The molecule has 0 aliphatic rings. The smallest absolute Gasteiger partial charge is 0.309 e. The highest BCUT2D eigenvalue weighted by Crippen LogP contribution is 1.96. The second kappa shape index (κ2) is 5.08. The fourth-order valence-electron chi connectivity index (χ4n) is 1.02. The largest absolute Gasteiger partial charge is 0.481 e. The van der Waals surface area contributed by atoms with Gasteiger partial charge in [-0.25, -0.2) is 0 Å². The third kappa shape index (κ3) is 3.75. The summed E-state index contributed by atoms with van der Waals surface area (Å²) in [6.07, 6.45) is 1.67. The van der Waals surface area contributed by atoms with Gasteiger partial charge < -0.3 is 10.4 Å². The predicted octanol–water partition coefficient (Wildman–Crippen LogP) is -0.959. The van der Waals surface area contributed by atoms with Crippen LogP contribution in [0.4, 0.5) is 0 Å². The molecule has 1 amide bonds. The van der Waals surface area contributed by atoms with Crippen molar-refractivity contribution in [3.05, 3.63) is 11.9 Å². The molecule has 1 aromatic heterocycles. The Bertz CT molecular complexity index is 361. The van der Waals surface area contributed by atoms with Crippen LogP contribution in [-0.4, -0.2) is 39.0 Å². The van der Waals surface area contributed by atoms with Crippen LogP contribution in [0.15, 0.2) is 6.20 Å². The van der Waals surface area contributed by atoms with Crippen LogP contribution < -0.4 is 5.32 Å². The van der Waals surface area contributed by atoms with E-state index in [0.717, 1.165) is 0 Å². The lowest BCUT2D eigenvalue weighted by molar-refractivity contribution is -0.136. The third-order valence-electron chi connectivity index (χ3n) is 1.77. The molecule has 0 bridgehead atoms. The summed E-state index contributed by atoms with van der Waals surface area (Å²) in [7, 11) is 1.56. The SMILES string of the molecule is CNC(=O)CCn1cc(CC(=O)O)nn1. The minimum absolute atomic E-state index is 0.0923. The van der Waals surface area contributed by atoms with E-state index >= 15 is 0 Å². The molecule has 0 aliphatic heterocycles. The normalized spacial score (nSPS) is 9.93. The highest BCUT2D eigenvalue weighted by molar-refractivity contribution is 5.75. The number of rotatable bonds is 5. The molecule has 0 saturated carbocycles. The van der Waals surface area contributed by atoms with Crippen molar-refractivity contribution in [1.29, 1.82) is 0 Å². The summed E-state index contributed by atoms with van der Waals surface area (Å²) in [5.41, 5.74) is 0.388. The summed E-state index contributed by atoms with van der Waals surface area (Å²) in [6.45, 7) is 0.395. The highest BCUT2D eigenvalue weighted by Gasteiger charge is 2.06. The Morgan fingerprint density at radius 1 is 1.60 bits per heavy atom. The number of nitrogens with one attached hydrogen (secondary N) is 1. The average molecular weight is 212 g/mol. The fraction of sp³-hybridized carbons (Fsp3) is 0.500. The number of hydrogen-bond acceptors (Lipinski definition) is 4. The lowest BCUT2D eigenvalue weighted by atomic mass is 10.3. The van der Waals surface area contributed by atoms with Crippen LogP contribution in [-0.2, 0) is 22.6 Å². The Hall–Kier alpha value is -1.92. The van der Waals surface area contributed by atoms with E-state index in [1.165, 1.54) is 10.9 Å². The van der Waals surface area contributed by atoms with E-state index < -0.39 is 5.97 Å². The minimum atomic E-state index is -0.951. The first kappa shape index (κ1) is 11.2. The molecule has 0 aromatic carbocycles. The van der Waals surface area contributed by atoms with E-state index in [4.69, 9.17) is 5.11 Å². The Kier molecular flexibility index (Phi) is 3.78. The molecule has 82 valence electrons. The first-order valence-corrected chi connectivity index (χ1v) is 4.43. The first-order valence-electron chi connectivity index (χ1n) is 4.43. The van der Waals surface area contributed by atoms with Crippen molar-refractivity contribution in [3.63, 3.8) is 0 Å². The lowest BCUT2D eigenvalue weighted by Gasteiger charge is -1.98. The molecule has 7 heteroatoms. The molecule has 0 unspecified atom stereocenters. The molecule has 0 radical (unpaired) electrons. The van der Waals surface area contributed by atoms with E-state index in [9.17, 15) is 9.59 Å². The number of aliphatic carboxylic acids is 1. The second-order valence-electron chi connectivity index (χ2n) is 2.97. The zero-order chi connectivity index (χ0) is 11.3. The minimum Gasteiger partial charge on any atom is -0.481 e. The second-order valence-corrected chi connectivity index (χ2v) is 2.97. The van der Waals surface area contributed by atoms with Crippen molar-refractivity contribution in [2.45, 2.75) is 19.4 Å². The van der Waals surface area contributed by atoms with Crippen molar-refractivity contribution in [2.75, 3.05) is 7.05 Å². The number of carbonyl (C=O) groups is 2. The fourth-order valence-corrected chi connectivity index (χ4v) is 1.02. The van der Waals surface area contributed by atoms with E-state index in [1.54, 1.807) is 7.05 Å². The third-order valence-corrected chi connectivity index (χ3v) is 1.77. The lowest BCUT2D eigenvalue weighted by Crippen LogP contribution is -2.19. The molecule has 1 aromatic rings. The molecule has 2 N–H and O–H groups in total. The van der Waals surface area contributed by atoms with Crippen molar-refractivity contribution < 1.29 is 14.7 Å². The molecule has 1 heterocycles. The van der Waals surface area contributed by atoms with Gasteiger partial charge >= 0.3 is 5.97 Å². The van der Waals surface area contributed by atoms with Gasteiger partial charge in [-0.15, -0.1) is 5.10 Å². The van der Waals surface area contributed by atoms with Crippen LogP contribution in [0.25, 0.3) is 0 Å². The molecule has 1 rings (SSSR count). The van der Waals surface area contributed by atoms with Crippen molar-refractivity contribution in [3.8, 4) is 0 Å². The van der Waals surface area contributed by atoms with E-state index in [0.29, 0.717) is 18.7 Å². The van der Waals surface area contributed by atoms with Crippen LogP contribution >= 0.6 is 0 Å². The highest BCUT2D eigenvalue weighted by atomic mass is 16.4.